The zero-order valence-electron chi connectivity index (χ0n) is 70.0. The molecule has 0 bridgehead atoms. The molecule has 0 amide bonds. The fourth-order valence-electron chi connectivity index (χ4n) is 10.4. The van der Waals surface area contributed by atoms with Crippen LogP contribution in [0.1, 0.15) is 172 Å². The molecule has 2 aliphatic carbocycles. The Morgan fingerprint density at radius 1 is 0.385 bits per heavy atom. The van der Waals surface area contributed by atoms with Crippen molar-refractivity contribution in [2.24, 2.45) is 53.3 Å². The highest BCUT2D eigenvalue weighted by Gasteiger charge is 2.33. The van der Waals surface area contributed by atoms with Gasteiger partial charge in [0.25, 0.3) is 0 Å². The number of carbonyl (C=O) groups excluding carboxylic acids is 8. The predicted molar refractivity (Wildman–Crippen MR) is 448 cm³/mol. The van der Waals surface area contributed by atoms with Crippen LogP contribution in [0.3, 0.4) is 0 Å². The van der Waals surface area contributed by atoms with Crippen LogP contribution in [0.4, 0.5) is 0 Å². The monoisotopic (exact) mass is 1670 g/mol. The van der Waals surface area contributed by atoms with E-state index in [1.165, 1.54) is 22.3 Å². The van der Waals surface area contributed by atoms with E-state index >= 15 is 0 Å². The van der Waals surface area contributed by atoms with E-state index in [4.69, 9.17) is 38.9 Å². The summed E-state index contributed by atoms with van der Waals surface area (Å²) in [5, 5.41) is 17.3. The van der Waals surface area contributed by atoms with E-state index in [9.17, 15) is 63.6 Å². The Morgan fingerprint density at radius 2 is 0.735 bits per heavy atom. The number of benzene rings is 7. The summed E-state index contributed by atoms with van der Waals surface area (Å²) in [6.07, 6.45) is 1.36. The van der Waals surface area contributed by atoms with Crippen LogP contribution in [-0.2, 0) is 103 Å². The topological polar surface area (TPSA) is 351 Å². The molecule has 0 radical (unpaired) electrons. The molecule has 0 heterocycles. The van der Waals surface area contributed by atoms with Crippen molar-refractivity contribution in [3.63, 3.8) is 0 Å². The SMILES string of the molecule is CC(C#N)COC(=O)C(C)C.CC(C)C(=O)OC(CS(=O)(=O)c1ccccc1)c1ccccc1.CC(C)C(=O)OC(CS(C)(=O)=O)c1ccccc1.CC(C)C(=O)OCC(C#N)c1ccccc1.CC(C)C(=O)OCC1Cc2ccccc2C1=O.CC(C)C(=O)OCC1c2ccccc2-c2ccccc21.CC(C)C(=O)OCCS(C)(=O)=O. The van der Waals surface area contributed by atoms with Gasteiger partial charge < -0.3 is 33.2 Å². The van der Waals surface area contributed by atoms with Crippen LogP contribution in [0.2, 0.25) is 0 Å². The Labute approximate surface area is 691 Å². The molecule has 7 aromatic rings. The van der Waals surface area contributed by atoms with Gasteiger partial charge in [0.2, 0.25) is 0 Å². The van der Waals surface area contributed by atoms with Gasteiger partial charge in [-0.1, -0.05) is 279 Å². The lowest BCUT2D eigenvalue weighted by Gasteiger charge is -2.19. The van der Waals surface area contributed by atoms with Crippen LogP contribution < -0.4 is 0 Å². The third-order valence-corrected chi connectivity index (χ3v) is 20.7. The van der Waals surface area contributed by atoms with Crippen molar-refractivity contribution in [2.45, 2.75) is 139 Å². The molecule has 26 heteroatoms. The summed E-state index contributed by atoms with van der Waals surface area (Å²) in [5.74, 6) is -4.48. The van der Waals surface area contributed by atoms with Gasteiger partial charge in [0.05, 0.1) is 87.6 Å². The van der Waals surface area contributed by atoms with Crippen molar-refractivity contribution in [1.29, 1.82) is 10.5 Å². The number of Topliss-reactive ketones (excluding diaryl/α,β-unsaturated/α-hetero) is 1. The van der Waals surface area contributed by atoms with Crippen LogP contribution in [0.15, 0.2) is 199 Å². The molecule has 5 unspecified atom stereocenters. The van der Waals surface area contributed by atoms with Gasteiger partial charge in [-0.25, -0.2) is 25.3 Å². The minimum atomic E-state index is -3.56. The van der Waals surface area contributed by atoms with Crippen LogP contribution >= 0.6 is 0 Å². The third kappa shape index (κ3) is 37.4. The summed E-state index contributed by atoms with van der Waals surface area (Å²) < 4.78 is 105. The first-order valence-electron chi connectivity index (χ1n) is 38.6. The standard InChI is InChI=1S/C18H20O4S.C18H18O2.C14H16O3.C13H15NO2.C13H18O4S.C8H13NO2.C7H14O4S/c1-14(2)18(19)22-17(15-9-5-3-6-10-15)13-23(20,21)16-11-7-4-8-12-16;1-12(2)18(19)20-11-17-15-9-5-3-7-13(15)14-8-4-6-10-16(14)17;1-9(2)14(16)17-8-11-7-10-5-3-4-6-12(10)13(11)15;1-10(2)13(15)16-9-12(8-14)11-6-4-3-5-7-11;1-10(2)13(14)17-12(9-18(3,15)16)11-7-5-4-6-8-11;1-6(2)8(10)11-5-7(3)4-9;1-6(2)7(8)11-4-5-12(3,9)10/h3-12,14,17H,13H2,1-2H3;3-10,12,17H,11H2,1-2H3;3-6,9,11H,7-8H2,1-2H3;3-7,10,12H,9H2,1-2H3;4-8,10,12H,9H2,1-3H3;6-7H,5H2,1-3H3;6H,4-5H2,1-3H3. The quantitative estimate of drug-likeness (QED) is 0.0325. The smallest absolute Gasteiger partial charge is 0.309 e. The Morgan fingerprint density at radius 3 is 1.13 bits per heavy atom. The number of rotatable bonds is 28. The molecule has 0 N–H and O–H groups in total. The second kappa shape index (κ2) is 50.7. The summed E-state index contributed by atoms with van der Waals surface area (Å²) in [7, 11) is -9.80. The highest BCUT2D eigenvalue weighted by Crippen LogP contribution is 2.44. The number of ether oxygens (including phenoxy) is 7. The normalized spacial score (nSPS) is 13.5. The Kier molecular flexibility index (Phi) is 43.6. The highest BCUT2D eigenvalue weighted by atomic mass is 32.2. The maximum atomic E-state index is 12.6. The zero-order valence-corrected chi connectivity index (χ0v) is 72.5. The number of hydrogen-bond acceptors (Lipinski definition) is 23. The summed E-state index contributed by atoms with van der Waals surface area (Å²) in [4.78, 5) is 91.7. The number of sulfone groups is 3. The molecule has 0 fully saturated rings. The number of ketones is 1. The van der Waals surface area contributed by atoms with Gasteiger partial charge in [0, 0.05) is 24.0 Å². The second-order valence-corrected chi connectivity index (χ2v) is 36.5. The number of hydrogen-bond donors (Lipinski definition) is 0. The maximum Gasteiger partial charge on any atom is 0.309 e. The molecule has 9 rings (SSSR count). The van der Waals surface area contributed by atoms with Crippen molar-refractivity contribution in [2.75, 3.05) is 62.8 Å². The molecular weight excluding hydrogens is 1550 g/mol. The minimum Gasteiger partial charge on any atom is -0.465 e. The van der Waals surface area contributed by atoms with Crippen molar-refractivity contribution in [3.05, 3.63) is 233 Å². The lowest BCUT2D eigenvalue weighted by Crippen LogP contribution is -2.22. The molecule has 2 aliphatic rings. The van der Waals surface area contributed by atoms with Gasteiger partial charge in [-0.05, 0) is 70.0 Å². The molecule has 23 nitrogen and oxygen atoms in total. The van der Waals surface area contributed by atoms with Gasteiger partial charge in [-0.3, -0.25) is 38.4 Å². The number of nitrogens with zero attached hydrogens (tertiary/aromatic N) is 2. The van der Waals surface area contributed by atoms with Gasteiger partial charge in [-0.2, -0.15) is 10.5 Å². The average Bonchev–Trinajstić information content (AvgIpc) is 1.62. The molecule has 632 valence electrons. The molecular formula is C91H114N2O21S3. The molecule has 0 aliphatic heterocycles. The first kappa shape index (κ1) is 101. The molecule has 7 aromatic carbocycles. The van der Waals surface area contributed by atoms with Crippen molar-refractivity contribution < 1.29 is 96.8 Å². The fraction of sp³-hybridized carbons (Fsp3) is 0.429. The number of carbonyl (C=O) groups is 8. The van der Waals surface area contributed by atoms with E-state index in [-0.39, 0.29) is 149 Å². The lowest BCUT2D eigenvalue weighted by atomic mass is 9.98. The van der Waals surface area contributed by atoms with E-state index in [1.807, 2.05) is 98.8 Å². The van der Waals surface area contributed by atoms with Crippen molar-refractivity contribution in [3.8, 4) is 23.3 Å². The molecule has 0 saturated heterocycles. The minimum absolute atomic E-state index is 0.0458. The molecule has 0 spiro atoms. The second-order valence-electron chi connectivity index (χ2n) is 30.0. The van der Waals surface area contributed by atoms with Crippen LogP contribution in [-0.4, -0.2) is 136 Å². The van der Waals surface area contributed by atoms with E-state index in [0.717, 1.165) is 29.2 Å². The molecule has 5 atom stereocenters. The first-order valence-corrected chi connectivity index (χ1v) is 44.4. The van der Waals surface area contributed by atoms with Gasteiger partial charge >= 0.3 is 41.8 Å². The summed E-state index contributed by atoms with van der Waals surface area (Å²) in [6, 6.07) is 63.8. The van der Waals surface area contributed by atoms with E-state index in [2.05, 4.69) is 47.2 Å². The summed E-state index contributed by atoms with van der Waals surface area (Å²) >= 11 is 0. The average molecular weight is 1670 g/mol. The maximum absolute atomic E-state index is 12.6. The van der Waals surface area contributed by atoms with Gasteiger partial charge in [-0.15, -0.1) is 0 Å². The molecule has 0 saturated carbocycles. The molecule has 0 aromatic heterocycles. The summed E-state index contributed by atoms with van der Waals surface area (Å²) in [6.45, 7) is 27.2. The number of nitriles is 2. The van der Waals surface area contributed by atoms with Crippen molar-refractivity contribution in [1.82, 2.24) is 0 Å². The van der Waals surface area contributed by atoms with Crippen LogP contribution in [0, 0.1) is 75.9 Å². The highest BCUT2D eigenvalue weighted by molar-refractivity contribution is 7.91. The third-order valence-electron chi connectivity index (χ3n) is 17.1. The van der Waals surface area contributed by atoms with Crippen molar-refractivity contribution >= 4 is 77.1 Å². The predicted octanol–water partition coefficient (Wildman–Crippen LogP) is 15.7. The largest absolute Gasteiger partial charge is 0.465 e. The first-order chi connectivity index (χ1) is 55.0. The van der Waals surface area contributed by atoms with E-state index in [1.54, 1.807) is 169 Å². The van der Waals surface area contributed by atoms with Gasteiger partial charge in [0.15, 0.2) is 35.3 Å². The van der Waals surface area contributed by atoms with Gasteiger partial charge in [0.1, 0.15) is 51.2 Å². The molecule has 117 heavy (non-hydrogen) atoms. The number of esters is 7. The summed E-state index contributed by atoms with van der Waals surface area (Å²) in [5.41, 5.74) is 9.10. The Bertz CT molecular complexity index is 4700. The Hall–Kier alpha value is -10.7. The van der Waals surface area contributed by atoms with Crippen LogP contribution in [0.5, 0.6) is 0 Å². The van der Waals surface area contributed by atoms with Crippen LogP contribution in [0.25, 0.3) is 11.1 Å². The Balaban J connectivity index is 0.000000357. The fourth-order valence-corrected chi connectivity index (χ4v) is 13.0. The number of fused-ring (bicyclic) bond motifs is 4. The lowest BCUT2D eigenvalue weighted by molar-refractivity contribution is -0.153. The van der Waals surface area contributed by atoms with E-state index in [0.29, 0.717) is 24.2 Å². The zero-order chi connectivity index (χ0) is 87.8. The van der Waals surface area contributed by atoms with E-state index < -0.39 is 53.7 Å².